The molecule has 1 unspecified atom stereocenters. The second-order valence-corrected chi connectivity index (χ2v) is 6.23. The fourth-order valence-corrected chi connectivity index (χ4v) is 2.97. The van der Waals surface area contributed by atoms with E-state index >= 15 is 0 Å². The van der Waals surface area contributed by atoms with E-state index in [2.05, 4.69) is 54.2 Å². The topological polar surface area (TPSA) is 34.8 Å². The van der Waals surface area contributed by atoms with Gasteiger partial charge in [-0.2, -0.15) is 5.10 Å². The van der Waals surface area contributed by atoms with E-state index < -0.39 is 0 Å². The Morgan fingerprint density at radius 3 is 2.62 bits per heavy atom. The van der Waals surface area contributed by atoms with Crippen molar-refractivity contribution in [3.63, 3.8) is 0 Å². The van der Waals surface area contributed by atoms with Crippen molar-refractivity contribution >= 4 is 11.6 Å². The second-order valence-electron chi connectivity index (χ2n) is 5.87. The highest BCUT2D eigenvalue weighted by molar-refractivity contribution is 6.30. The molecule has 4 nitrogen and oxygen atoms in total. The molecule has 2 heterocycles. The van der Waals surface area contributed by atoms with Gasteiger partial charge in [-0.3, -0.25) is 4.68 Å². The van der Waals surface area contributed by atoms with Crippen molar-refractivity contribution in [3.05, 3.63) is 40.4 Å². The Labute approximate surface area is 132 Å². The summed E-state index contributed by atoms with van der Waals surface area (Å²) in [5.74, 6) is 0.560. The third kappa shape index (κ3) is 3.50. The van der Waals surface area contributed by atoms with Gasteiger partial charge in [0, 0.05) is 31.0 Å². The van der Waals surface area contributed by atoms with E-state index in [1.807, 2.05) is 14.0 Å². The smallest absolute Gasteiger partial charge is 0.131 e. The van der Waals surface area contributed by atoms with Crippen LogP contribution in [0.1, 0.15) is 43.6 Å². The number of nitrogens with zero attached hydrogens (tertiary/aromatic N) is 3. The van der Waals surface area contributed by atoms with Gasteiger partial charge in [0.2, 0.25) is 0 Å². The third-order valence-corrected chi connectivity index (χ3v) is 4.31. The van der Waals surface area contributed by atoms with E-state index in [0.717, 1.165) is 29.5 Å². The number of hydrogen-bond acceptors (Lipinski definition) is 2. The summed E-state index contributed by atoms with van der Waals surface area (Å²) in [5.41, 5.74) is 3.40. The predicted molar refractivity (Wildman–Crippen MR) is 87.7 cm³/mol. The average molecular weight is 309 g/mol. The number of aryl methyl sites for hydroxylation is 2. The van der Waals surface area contributed by atoms with Crippen LogP contribution in [-0.2, 0) is 13.6 Å². The Bertz CT molecular complexity index is 597. The summed E-state index contributed by atoms with van der Waals surface area (Å²) in [5, 5.41) is 8.63. The molecule has 0 saturated heterocycles. The van der Waals surface area contributed by atoms with E-state index in [1.165, 1.54) is 5.56 Å². The zero-order chi connectivity index (χ0) is 15.6. The zero-order valence-corrected chi connectivity index (χ0v) is 14.3. The molecule has 0 radical (unpaired) electrons. The average Bonchev–Trinajstić information content (AvgIpc) is 2.97. The number of rotatable bonds is 6. The molecule has 0 bridgehead atoms. The van der Waals surface area contributed by atoms with Crippen molar-refractivity contribution in [2.45, 2.75) is 40.3 Å². The van der Waals surface area contributed by atoms with Crippen LogP contribution in [0.15, 0.2) is 18.5 Å². The van der Waals surface area contributed by atoms with Gasteiger partial charge in [0.15, 0.2) is 0 Å². The van der Waals surface area contributed by atoms with E-state index in [9.17, 15) is 0 Å². The number of hydrogen-bond donors (Lipinski definition) is 1. The molecule has 0 aliphatic carbocycles. The lowest BCUT2D eigenvalue weighted by Gasteiger charge is -2.20. The molecule has 0 aliphatic heterocycles. The van der Waals surface area contributed by atoms with Gasteiger partial charge in [0.1, 0.15) is 5.15 Å². The van der Waals surface area contributed by atoms with Crippen LogP contribution in [0, 0.1) is 12.8 Å². The molecular formula is C16H25ClN4. The lowest BCUT2D eigenvalue weighted by molar-refractivity contribution is 0.421. The maximum absolute atomic E-state index is 6.31. The van der Waals surface area contributed by atoms with Gasteiger partial charge in [0.05, 0.1) is 12.2 Å². The van der Waals surface area contributed by atoms with Crippen LogP contribution in [0.4, 0.5) is 0 Å². The summed E-state index contributed by atoms with van der Waals surface area (Å²) < 4.78 is 3.91. The van der Waals surface area contributed by atoms with Gasteiger partial charge in [-0.1, -0.05) is 32.4 Å². The molecule has 21 heavy (non-hydrogen) atoms. The van der Waals surface area contributed by atoms with Gasteiger partial charge in [-0.15, -0.1) is 0 Å². The van der Waals surface area contributed by atoms with E-state index in [4.69, 9.17) is 11.6 Å². The Morgan fingerprint density at radius 2 is 2.10 bits per heavy atom. The van der Waals surface area contributed by atoms with Gasteiger partial charge in [0.25, 0.3) is 0 Å². The summed E-state index contributed by atoms with van der Waals surface area (Å²) in [4.78, 5) is 0. The number of nitrogens with one attached hydrogen (secondary N) is 1. The zero-order valence-electron chi connectivity index (χ0n) is 13.5. The van der Waals surface area contributed by atoms with Crippen LogP contribution in [0.25, 0.3) is 0 Å². The van der Waals surface area contributed by atoms with Crippen LogP contribution >= 0.6 is 11.6 Å². The van der Waals surface area contributed by atoms with E-state index in [-0.39, 0.29) is 0 Å². The molecule has 1 N–H and O–H groups in total. The molecule has 0 fully saturated rings. The van der Waals surface area contributed by atoms with Crippen molar-refractivity contribution in [1.82, 2.24) is 19.7 Å². The molecule has 0 aromatic carbocycles. The minimum absolute atomic E-state index is 0.390. The molecule has 0 amide bonds. The predicted octanol–water partition coefficient (Wildman–Crippen LogP) is 3.54. The fourth-order valence-electron chi connectivity index (χ4n) is 2.74. The highest BCUT2D eigenvalue weighted by Crippen LogP contribution is 2.24. The first kappa shape index (κ1) is 16.1. The van der Waals surface area contributed by atoms with Crippen molar-refractivity contribution < 1.29 is 0 Å². The standard InChI is InChI=1S/C16H25ClN4/c1-6-18-15(11(2)3)13-7-8-21(9-13)10-14-12(4)19-20(5)16(14)17/h7-9,11,15,18H,6,10H2,1-5H3. The fraction of sp³-hybridized carbons (Fsp3) is 0.562. The molecule has 0 saturated carbocycles. The van der Waals surface area contributed by atoms with Crippen LogP contribution in [0.3, 0.4) is 0 Å². The van der Waals surface area contributed by atoms with Crippen molar-refractivity contribution in [2.75, 3.05) is 6.54 Å². The summed E-state index contributed by atoms with van der Waals surface area (Å²) in [6, 6.07) is 2.58. The van der Waals surface area contributed by atoms with Crippen LogP contribution < -0.4 is 5.32 Å². The molecule has 0 spiro atoms. The second kappa shape index (κ2) is 6.67. The quantitative estimate of drug-likeness (QED) is 0.886. The maximum Gasteiger partial charge on any atom is 0.131 e. The van der Waals surface area contributed by atoms with E-state index in [1.54, 1.807) is 4.68 Å². The van der Waals surface area contributed by atoms with Gasteiger partial charge < -0.3 is 9.88 Å². The summed E-state index contributed by atoms with van der Waals surface area (Å²) in [6.45, 7) is 10.4. The molecule has 2 aromatic heterocycles. The maximum atomic E-state index is 6.31. The molecule has 5 heteroatoms. The minimum Gasteiger partial charge on any atom is -0.349 e. The first-order valence-corrected chi connectivity index (χ1v) is 7.88. The van der Waals surface area contributed by atoms with Gasteiger partial charge >= 0.3 is 0 Å². The largest absolute Gasteiger partial charge is 0.349 e. The molecular weight excluding hydrogens is 284 g/mol. The molecule has 0 aliphatic rings. The summed E-state index contributed by atoms with van der Waals surface area (Å²) in [6.07, 6.45) is 4.32. The molecule has 116 valence electrons. The molecule has 2 aromatic rings. The first-order chi connectivity index (χ1) is 9.93. The normalized spacial score (nSPS) is 13.1. The monoisotopic (exact) mass is 308 g/mol. The van der Waals surface area contributed by atoms with Gasteiger partial charge in [-0.05, 0) is 31.0 Å². The van der Waals surface area contributed by atoms with Crippen molar-refractivity contribution in [3.8, 4) is 0 Å². The minimum atomic E-state index is 0.390. The Balaban J connectivity index is 2.20. The first-order valence-electron chi connectivity index (χ1n) is 7.51. The summed E-state index contributed by atoms with van der Waals surface area (Å²) in [7, 11) is 1.87. The lowest BCUT2D eigenvalue weighted by Crippen LogP contribution is -2.25. The van der Waals surface area contributed by atoms with Gasteiger partial charge in [-0.25, -0.2) is 0 Å². The Hall–Kier alpha value is -1.26. The van der Waals surface area contributed by atoms with E-state index in [0.29, 0.717) is 12.0 Å². The molecule has 1 atom stereocenters. The Morgan fingerprint density at radius 1 is 1.38 bits per heavy atom. The SMILES string of the molecule is CCNC(c1ccn(Cc2c(C)nn(C)c2Cl)c1)C(C)C. The van der Waals surface area contributed by atoms with Crippen LogP contribution in [-0.4, -0.2) is 20.9 Å². The number of halogens is 1. The lowest BCUT2D eigenvalue weighted by atomic mass is 9.98. The molecule has 2 rings (SSSR count). The highest BCUT2D eigenvalue weighted by atomic mass is 35.5. The van der Waals surface area contributed by atoms with Crippen LogP contribution in [0.2, 0.25) is 5.15 Å². The number of aromatic nitrogens is 3. The summed E-state index contributed by atoms with van der Waals surface area (Å²) >= 11 is 6.31. The van der Waals surface area contributed by atoms with Crippen LogP contribution in [0.5, 0.6) is 0 Å². The Kier molecular flexibility index (Phi) is 5.12. The highest BCUT2D eigenvalue weighted by Gasteiger charge is 2.17. The van der Waals surface area contributed by atoms with Crippen molar-refractivity contribution in [1.29, 1.82) is 0 Å². The van der Waals surface area contributed by atoms with Crippen molar-refractivity contribution in [2.24, 2.45) is 13.0 Å². The third-order valence-electron chi connectivity index (χ3n) is 3.83.